The molecule has 0 aromatic heterocycles. The molecule has 0 unspecified atom stereocenters. The van der Waals surface area contributed by atoms with Gasteiger partial charge in [0.25, 0.3) is 0 Å². The van der Waals surface area contributed by atoms with Gasteiger partial charge in [-0.25, -0.2) is 8.42 Å². The minimum atomic E-state index is -3.40. The van der Waals surface area contributed by atoms with E-state index in [0.717, 1.165) is 17.4 Å². The molecule has 0 saturated carbocycles. The highest BCUT2D eigenvalue weighted by atomic mass is 32.2. The van der Waals surface area contributed by atoms with Crippen molar-refractivity contribution in [2.75, 3.05) is 13.4 Å². The maximum atomic E-state index is 12.3. The lowest BCUT2D eigenvalue weighted by Gasteiger charge is -2.08. The van der Waals surface area contributed by atoms with Gasteiger partial charge in [-0.2, -0.15) is 0 Å². The van der Waals surface area contributed by atoms with E-state index in [0.29, 0.717) is 5.56 Å². The van der Waals surface area contributed by atoms with E-state index >= 15 is 0 Å². The second-order valence-corrected chi connectivity index (χ2v) is 7.18. The van der Waals surface area contributed by atoms with Crippen LogP contribution >= 0.6 is 0 Å². The number of carbonyl (C=O) groups is 1. The molecule has 0 heterocycles. The number of hydrogen-bond donors (Lipinski definition) is 0. The van der Waals surface area contributed by atoms with Gasteiger partial charge in [0.2, 0.25) is 0 Å². The summed E-state index contributed by atoms with van der Waals surface area (Å²) in [5.74, 6) is -0.0470. The third-order valence-electron chi connectivity index (χ3n) is 3.45. The number of sulfone groups is 1. The lowest BCUT2D eigenvalue weighted by Crippen LogP contribution is -2.03. The van der Waals surface area contributed by atoms with E-state index in [1.54, 1.807) is 6.08 Å². The number of ether oxygens (including phenoxy) is 1. The molecule has 0 atom stereocenters. The van der Waals surface area contributed by atoms with E-state index in [1.807, 2.05) is 31.2 Å². The monoisotopic (exact) mass is 330 g/mol. The molecule has 0 saturated heterocycles. The number of aryl methyl sites for hydroxylation is 1. The van der Waals surface area contributed by atoms with Gasteiger partial charge in [-0.15, -0.1) is 0 Å². The van der Waals surface area contributed by atoms with Crippen LogP contribution < -0.4 is 4.74 Å². The fraction of sp³-hybridized carbons (Fsp3) is 0.167. The van der Waals surface area contributed by atoms with E-state index in [2.05, 4.69) is 0 Å². The summed E-state index contributed by atoms with van der Waals surface area (Å²) in [4.78, 5) is 12.3. The van der Waals surface area contributed by atoms with E-state index in [4.69, 9.17) is 4.74 Å². The molecule has 23 heavy (non-hydrogen) atoms. The van der Waals surface area contributed by atoms with Crippen LogP contribution in [0.4, 0.5) is 0 Å². The summed E-state index contributed by atoms with van der Waals surface area (Å²) in [6.07, 6.45) is 4.32. The molecule has 0 N–H and O–H groups in total. The standard InChI is InChI=1S/C18H18O4S/c1-13-6-4-5-7-14(13)8-10-16(19)15-9-11-18(23(3,20)21)17(12-15)22-2/h4-12H,1-3H3/b10-8+. The van der Waals surface area contributed by atoms with E-state index in [-0.39, 0.29) is 16.4 Å². The van der Waals surface area contributed by atoms with Crippen molar-refractivity contribution in [2.45, 2.75) is 11.8 Å². The molecule has 0 amide bonds. The van der Waals surface area contributed by atoms with Crippen LogP contribution in [0.5, 0.6) is 5.75 Å². The Hall–Kier alpha value is -2.40. The first kappa shape index (κ1) is 17.0. The van der Waals surface area contributed by atoms with Crippen LogP contribution in [-0.4, -0.2) is 27.6 Å². The van der Waals surface area contributed by atoms with Crippen molar-refractivity contribution in [1.82, 2.24) is 0 Å². The van der Waals surface area contributed by atoms with Crippen LogP contribution in [0.3, 0.4) is 0 Å². The minimum Gasteiger partial charge on any atom is -0.495 e. The number of benzene rings is 2. The topological polar surface area (TPSA) is 60.4 Å². The summed E-state index contributed by atoms with van der Waals surface area (Å²) in [5, 5.41) is 0. The van der Waals surface area contributed by atoms with Crippen LogP contribution in [0.15, 0.2) is 53.4 Å². The molecular formula is C18H18O4S. The number of allylic oxidation sites excluding steroid dienone is 1. The van der Waals surface area contributed by atoms with E-state index in [9.17, 15) is 13.2 Å². The van der Waals surface area contributed by atoms with E-state index in [1.165, 1.54) is 31.4 Å². The zero-order valence-corrected chi connectivity index (χ0v) is 14.1. The third-order valence-corrected chi connectivity index (χ3v) is 4.59. The molecule has 0 aliphatic carbocycles. The Morgan fingerprint density at radius 2 is 1.83 bits per heavy atom. The van der Waals surface area contributed by atoms with Crippen molar-refractivity contribution in [1.29, 1.82) is 0 Å². The maximum Gasteiger partial charge on any atom is 0.185 e. The van der Waals surface area contributed by atoms with Crippen molar-refractivity contribution in [3.63, 3.8) is 0 Å². The fourth-order valence-corrected chi connectivity index (χ4v) is 2.99. The number of ketones is 1. The molecule has 0 bridgehead atoms. The molecular weight excluding hydrogens is 312 g/mol. The number of hydrogen-bond acceptors (Lipinski definition) is 4. The average molecular weight is 330 g/mol. The molecule has 120 valence electrons. The maximum absolute atomic E-state index is 12.3. The first-order chi connectivity index (χ1) is 10.8. The minimum absolute atomic E-state index is 0.0689. The van der Waals surface area contributed by atoms with Crippen molar-refractivity contribution < 1.29 is 17.9 Å². The van der Waals surface area contributed by atoms with Gasteiger partial charge in [-0.05, 0) is 42.3 Å². The Balaban J connectivity index is 2.32. The lowest BCUT2D eigenvalue weighted by atomic mass is 10.1. The Bertz CT molecular complexity index is 864. The fourth-order valence-electron chi connectivity index (χ4n) is 2.16. The highest BCUT2D eigenvalue weighted by Gasteiger charge is 2.16. The van der Waals surface area contributed by atoms with Gasteiger partial charge in [-0.3, -0.25) is 4.79 Å². The molecule has 4 nitrogen and oxygen atoms in total. The predicted octanol–water partition coefficient (Wildman–Crippen LogP) is 3.30. The molecule has 5 heteroatoms. The largest absolute Gasteiger partial charge is 0.495 e. The van der Waals surface area contributed by atoms with Gasteiger partial charge in [0.05, 0.1) is 7.11 Å². The Kier molecular flexibility index (Phi) is 5.01. The molecule has 2 rings (SSSR count). The summed E-state index contributed by atoms with van der Waals surface area (Å²) in [6, 6.07) is 12.1. The first-order valence-electron chi connectivity index (χ1n) is 6.99. The van der Waals surface area contributed by atoms with Crippen molar-refractivity contribution in [3.8, 4) is 5.75 Å². The molecule has 0 spiro atoms. The van der Waals surface area contributed by atoms with Crippen LogP contribution in [0.1, 0.15) is 21.5 Å². The smallest absolute Gasteiger partial charge is 0.185 e. The van der Waals surface area contributed by atoms with Gasteiger partial charge in [0.15, 0.2) is 15.6 Å². The Morgan fingerprint density at radius 3 is 2.43 bits per heavy atom. The number of carbonyl (C=O) groups excluding carboxylic acids is 1. The third kappa shape index (κ3) is 4.07. The predicted molar refractivity (Wildman–Crippen MR) is 90.6 cm³/mol. The zero-order chi connectivity index (χ0) is 17.0. The average Bonchev–Trinajstić information content (AvgIpc) is 2.52. The SMILES string of the molecule is COc1cc(C(=O)/C=C/c2ccccc2C)ccc1S(C)(=O)=O. The van der Waals surface area contributed by atoms with Crippen molar-refractivity contribution in [2.24, 2.45) is 0 Å². The van der Waals surface area contributed by atoms with Gasteiger partial charge in [0.1, 0.15) is 10.6 Å². The second kappa shape index (κ2) is 6.79. The lowest BCUT2D eigenvalue weighted by molar-refractivity contribution is 0.104. The van der Waals surface area contributed by atoms with Gasteiger partial charge in [-0.1, -0.05) is 30.3 Å². The molecule has 0 fully saturated rings. The first-order valence-corrected chi connectivity index (χ1v) is 8.88. The van der Waals surface area contributed by atoms with Gasteiger partial charge < -0.3 is 4.74 Å². The summed E-state index contributed by atoms with van der Waals surface area (Å²) in [5.41, 5.74) is 2.40. The summed E-state index contributed by atoms with van der Waals surface area (Å²) >= 11 is 0. The molecule has 0 aliphatic heterocycles. The van der Waals surface area contributed by atoms with E-state index < -0.39 is 9.84 Å². The number of methoxy groups -OCH3 is 1. The highest BCUT2D eigenvalue weighted by molar-refractivity contribution is 7.90. The Morgan fingerprint density at radius 1 is 1.13 bits per heavy atom. The molecule has 0 radical (unpaired) electrons. The van der Waals surface area contributed by atoms with Gasteiger partial charge >= 0.3 is 0 Å². The van der Waals surface area contributed by atoms with Crippen LogP contribution in [-0.2, 0) is 9.84 Å². The highest BCUT2D eigenvalue weighted by Crippen LogP contribution is 2.25. The number of rotatable bonds is 5. The van der Waals surface area contributed by atoms with Crippen LogP contribution in [0.2, 0.25) is 0 Å². The van der Waals surface area contributed by atoms with Crippen LogP contribution in [0, 0.1) is 6.92 Å². The summed E-state index contributed by atoms with van der Waals surface area (Å²) in [6.45, 7) is 1.97. The van der Waals surface area contributed by atoms with Gasteiger partial charge in [0, 0.05) is 11.8 Å². The second-order valence-electron chi connectivity index (χ2n) is 5.19. The van der Waals surface area contributed by atoms with Crippen LogP contribution in [0.25, 0.3) is 6.08 Å². The summed E-state index contributed by atoms with van der Waals surface area (Å²) in [7, 11) is -2.03. The molecule has 2 aromatic carbocycles. The summed E-state index contributed by atoms with van der Waals surface area (Å²) < 4.78 is 28.4. The van der Waals surface area contributed by atoms with Crippen molar-refractivity contribution in [3.05, 3.63) is 65.2 Å². The zero-order valence-electron chi connectivity index (χ0n) is 13.2. The molecule has 2 aromatic rings. The molecule has 0 aliphatic rings. The quantitative estimate of drug-likeness (QED) is 0.623. The van der Waals surface area contributed by atoms with Crippen molar-refractivity contribution >= 4 is 21.7 Å². The Labute approximate surface area is 136 Å². The normalized spacial score (nSPS) is 11.6.